The number of esters is 1. The van der Waals surface area contributed by atoms with Crippen LogP contribution in [0.5, 0.6) is 0 Å². The highest BCUT2D eigenvalue weighted by Gasteiger charge is 2.19. The Bertz CT molecular complexity index is 1180. The summed E-state index contributed by atoms with van der Waals surface area (Å²) in [7, 11) is 1.30. The fraction of sp³-hybridized carbons (Fsp3) is 0.105. The van der Waals surface area contributed by atoms with Crippen molar-refractivity contribution in [1.29, 1.82) is 0 Å². The molecule has 0 aliphatic rings. The first kappa shape index (κ1) is 19.2. The quantitative estimate of drug-likeness (QED) is 0.284. The van der Waals surface area contributed by atoms with Gasteiger partial charge in [0.05, 0.1) is 27.8 Å². The van der Waals surface area contributed by atoms with Crippen LogP contribution < -0.4 is 4.80 Å². The number of methoxy groups -OCH3 is 1. The Kier molecular flexibility index (Phi) is 5.46. The molecule has 142 valence electrons. The second-order valence-electron chi connectivity index (χ2n) is 5.65. The standard InChI is InChI=1S/C19H15N3O5S/c1-3-10-21-15-9-8-12(18(24)27-2)11-16(15)28-19(21)20-17(23)13-6-4-5-7-14(13)22(25)26/h3-9,11H,1,10H2,2H3. The third kappa shape index (κ3) is 3.60. The van der Waals surface area contributed by atoms with Crippen LogP contribution in [0, 0.1) is 10.1 Å². The zero-order valence-corrected chi connectivity index (χ0v) is 15.6. The lowest BCUT2D eigenvalue weighted by atomic mass is 10.2. The molecule has 3 rings (SSSR count). The lowest BCUT2D eigenvalue weighted by Crippen LogP contribution is -2.16. The van der Waals surface area contributed by atoms with Gasteiger partial charge >= 0.3 is 5.97 Å². The first-order valence-corrected chi connectivity index (χ1v) is 8.93. The summed E-state index contributed by atoms with van der Waals surface area (Å²) in [4.78, 5) is 39.4. The van der Waals surface area contributed by atoms with E-state index in [-0.39, 0.29) is 11.3 Å². The molecular weight excluding hydrogens is 382 g/mol. The van der Waals surface area contributed by atoms with Gasteiger partial charge in [-0.2, -0.15) is 4.99 Å². The molecule has 0 saturated carbocycles. The van der Waals surface area contributed by atoms with Crippen LogP contribution in [0.15, 0.2) is 60.1 Å². The lowest BCUT2D eigenvalue weighted by molar-refractivity contribution is -0.385. The molecule has 0 unspecified atom stereocenters. The zero-order chi connectivity index (χ0) is 20.3. The van der Waals surface area contributed by atoms with E-state index in [1.807, 2.05) is 0 Å². The number of nitro benzene ring substituents is 1. The minimum absolute atomic E-state index is 0.0923. The van der Waals surface area contributed by atoms with Gasteiger partial charge in [-0.1, -0.05) is 29.5 Å². The molecule has 0 atom stereocenters. The van der Waals surface area contributed by atoms with E-state index in [0.29, 0.717) is 16.9 Å². The SMILES string of the molecule is C=CCn1c(=NC(=O)c2ccccc2[N+](=O)[O-])sc2cc(C(=O)OC)ccc21. The molecule has 0 aliphatic heterocycles. The van der Waals surface area contributed by atoms with Crippen molar-refractivity contribution in [2.24, 2.45) is 4.99 Å². The molecule has 28 heavy (non-hydrogen) atoms. The summed E-state index contributed by atoms with van der Waals surface area (Å²) < 4.78 is 7.20. The van der Waals surface area contributed by atoms with Gasteiger partial charge in [-0.05, 0) is 24.3 Å². The number of amides is 1. The summed E-state index contributed by atoms with van der Waals surface area (Å²) in [5.41, 5.74) is 0.733. The molecule has 0 radical (unpaired) electrons. The number of rotatable bonds is 5. The average molecular weight is 397 g/mol. The number of nitro groups is 1. The van der Waals surface area contributed by atoms with E-state index in [4.69, 9.17) is 4.74 Å². The highest BCUT2D eigenvalue weighted by atomic mass is 32.1. The molecule has 1 heterocycles. The molecule has 0 fully saturated rings. The minimum atomic E-state index is -0.718. The van der Waals surface area contributed by atoms with Crippen LogP contribution in [0.1, 0.15) is 20.7 Å². The molecule has 0 saturated heterocycles. The number of carbonyl (C=O) groups excluding carboxylic acids is 2. The third-order valence-electron chi connectivity index (χ3n) is 3.94. The number of carbonyl (C=O) groups is 2. The van der Waals surface area contributed by atoms with Crippen molar-refractivity contribution >= 4 is 39.1 Å². The Morgan fingerprint density at radius 3 is 2.75 bits per heavy atom. The molecule has 2 aromatic carbocycles. The number of aromatic nitrogens is 1. The predicted molar refractivity (Wildman–Crippen MR) is 104 cm³/mol. The van der Waals surface area contributed by atoms with Crippen molar-refractivity contribution in [2.45, 2.75) is 6.54 Å². The molecular formula is C19H15N3O5S. The van der Waals surface area contributed by atoms with Gasteiger partial charge < -0.3 is 9.30 Å². The second-order valence-corrected chi connectivity index (χ2v) is 6.66. The van der Waals surface area contributed by atoms with Gasteiger partial charge in [0.2, 0.25) is 0 Å². The number of para-hydroxylation sites is 1. The molecule has 1 aromatic heterocycles. The average Bonchev–Trinajstić information content (AvgIpc) is 3.03. The van der Waals surface area contributed by atoms with Crippen LogP contribution in [0.2, 0.25) is 0 Å². The number of fused-ring (bicyclic) bond motifs is 1. The smallest absolute Gasteiger partial charge is 0.337 e. The van der Waals surface area contributed by atoms with E-state index in [0.717, 1.165) is 10.2 Å². The van der Waals surface area contributed by atoms with E-state index in [1.165, 1.54) is 36.6 Å². The van der Waals surface area contributed by atoms with Gasteiger partial charge in [0.25, 0.3) is 11.6 Å². The molecule has 0 spiro atoms. The van der Waals surface area contributed by atoms with Crippen molar-refractivity contribution in [2.75, 3.05) is 7.11 Å². The van der Waals surface area contributed by atoms with Crippen LogP contribution in [0.4, 0.5) is 5.69 Å². The Morgan fingerprint density at radius 1 is 1.32 bits per heavy atom. The van der Waals surface area contributed by atoms with Gasteiger partial charge in [-0.3, -0.25) is 14.9 Å². The summed E-state index contributed by atoms with van der Waals surface area (Å²) >= 11 is 1.19. The zero-order valence-electron chi connectivity index (χ0n) is 14.8. The van der Waals surface area contributed by atoms with E-state index in [9.17, 15) is 19.7 Å². The number of thiazole rings is 1. The van der Waals surface area contributed by atoms with Gasteiger partial charge in [-0.25, -0.2) is 4.79 Å². The number of nitrogens with zero attached hydrogens (tertiary/aromatic N) is 3. The van der Waals surface area contributed by atoms with Crippen LogP contribution in [-0.2, 0) is 11.3 Å². The predicted octanol–water partition coefficient (Wildman–Crippen LogP) is 3.32. The summed E-state index contributed by atoms with van der Waals surface area (Å²) in [6.07, 6.45) is 1.65. The van der Waals surface area contributed by atoms with Gasteiger partial charge in [0, 0.05) is 12.6 Å². The third-order valence-corrected chi connectivity index (χ3v) is 4.99. The lowest BCUT2D eigenvalue weighted by Gasteiger charge is -2.02. The first-order valence-electron chi connectivity index (χ1n) is 8.11. The number of allylic oxidation sites excluding steroid dienone is 1. The second kappa shape index (κ2) is 7.97. The normalized spacial score (nSPS) is 11.4. The van der Waals surface area contributed by atoms with Gasteiger partial charge in [0.15, 0.2) is 4.80 Å². The summed E-state index contributed by atoms with van der Waals surface area (Å²) in [5, 5.41) is 11.2. The highest BCUT2D eigenvalue weighted by molar-refractivity contribution is 7.16. The highest BCUT2D eigenvalue weighted by Crippen LogP contribution is 2.21. The molecule has 8 nitrogen and oxygen atoms in total. The Labute approximate surface area is 163 Å². The van der Waals surface area contributed by atoms with Crippen LogP contribution in [0.25, 0.3) is 10.2 Å². The number of hydrogen-bond donors (Lipinski definition) is 0. The van der Waals surface area contributed by atoms with E-state index < -0.39 is 16.8 Å². The van der Waals surface area contributed by atoms with Crippen molar-refractivity contribution in [3.8, 4) is 0 Å². The van der Waals surface area contributed by atoms with Crippen LogP contribution in [-0.4, -0.2) is 28.5 Å². The molecule has 3 aromatic rings. The monoisotopic (exact) mass is 397 g/mol. The van der Waals surface area contributed by atoms with Crippen molar-refractivity contribution in [1.82, 2.24) is 4.57 Å². The Hall–Kier alpha value is -3.59. The molecule has 1 amide bonds. The molecule has 0 aliphatic carbocycles. The van der Waals surface area contributed by atoms with Gasteiger partial charge in [-0.15, -0.1) is 6.58 Å². The Balaban J connectivity index is 2.17. The summed E-state index contributed by atoms with van der Waals surface area (Å²) in [6.45, 7) is 4.09. The van der Waals surface area contributed by atoms with Crippen molar-refractivity contribution < 1.29 is 19.2 Å². The maximum atomic E-state index is 12.6. The largest absolute Gasteiger partial charge is 0.465 e. The van der Waals surface area contributed by atoms with Crippen molar-refractivity contribution in [3.63, 3.8) is 0 Å². The van der Waals surface area contributed by atoms with Gasteiger partial charge in [0.1, 0.15) is 5.56 Å². The Morgan fingerprint density at radius 2 is 2.07 bits per heavy atom. The van der Waals surface area contributed by atoms with Crippen LogP contribution in [0.3, 0.4) is 0 Å². The molecule has 9 heteroatoms. The molecule has 0 N–H and O–H groups in total. The van der Waals surface area contributed by atoms with E-state index in [2.05, 4.69) is 11.6 Å². The minimum Gasteiger partial charge on any atom is -0.465 e. The summed E-state index contributed by atoms with van der Waals surface area (Å²) in [5.74, 6) is -1.19. The topological polar surface area (TPSA) is 104 Å². The molecule has 0 bridgehead atoms. The summed E-state index contributed by atoms with van der Waals surface area (Å²) in [6, 6.07) is 10.7. The fourth-order valence-corrected chi connectivity index (χ4v) is 3.75. The fourth-order valence-electron chi connectivity index (χ4n) is 2.67. The van der Waals surface area contributed by atoms with E-state index in [1.54, 1.807) is 34.9 Å². The van der Waals surface area contributed by atoms with E-state index >= 15 is 0 Å². The maximum absolute atomic E-state index is 12.6. The number of hydrogen-bond acceptors (Lipinski definition) is 6. The number of benzene rings is 2. The number of ether oxygens (including phenoxy) is 1. The maximum Gasteiger partial charge on any atom is 0.337 e. The van der Waals surface area contributed by atoms with Crippen molar-refractivity contribution in [3.05, 3.63) is 81.2 Å². The van der Waals surface area contributed by atoms with Crippen LogP contribution >= 0.6 is 11.3 Å². The first-order chi connectivity index (χ1) is 13.5.